The molecule has 0 aliphatic carbocycles. The van der Waals surface area contributed by atoms with Gasteiger partial charge in [-0.2, -0.15) is 0 Å². The predicted octanol–water partition coefficient (Wildman–Crippen LogP) is 1.07. The molecule has 7 heteroatoms. The van der Waals surface area contributed by atoms with Crippen molar-refractivity contribution in [2.75, 3.05) is 26.0 Å². The van der Waals surface area contributed by atoms with Crippen LogP contribution in [0.2, 0.25) is 0 Å². The summed E-state index contributed by atoms with van der Waals surface area (Å²) in [5, 5.41) is 2.92. The highest BCUT2D eigenvalue weighted by atomic mass is 32.2. The Morgan fingerprint density at radius 2 is 1.96 bits per heavy atom. The topological polar surface area (TPSA) is 75.7 Å². The van der Waals surface area contributed by atoms with E-state index in [4.69, 9.17) is 4.74 Å². The van der Waals surface area contributed by atoms with Gasteiger partial charge in [0.05, 0.1) is 22.8 Å². The second-order valence-corrected chi connectivity index (χ2v) is 8.49. The minimum atomic E-state index is -3.43. The van der Waals surface area contributed by atoms with Gasteiger partial charge in [0.25, 0.3) is 0 Å². The Hall–Kier alpha value is -1.44. The van der Waals surface area contributed by atoms with Crippen LogP contribution in [0.25, 0.3) is 0 Å². The number of likely N-dealkylation sites (tertiary alicyclic amines) is 1. The summed E-state index contributed by atoms with van der Waals surface area (Å²) in [6, 6.07) is 8.48. The first-order valence-electron chi connectivity index (χ1n) is 8.17. The Kier molecular flexibility index (Phi) is 6.37. The van der Waals surface area contributed by atoms with E-state index in [9.17, 15) is 13.2 Å². The maximum absolute atomic E-state index is 12.2. The third-order valence-corrected chi connectivity index (χ3v) is 6.11. The minimum Gasteiger partial charge on any atom is -0.378 e. The first kappa shape index (κ1) is 18.9. The zero-order valence-electron chi connectivity index (χ0n) is 14.4. The molecule has 1 aromatic rings. The number of hydrogen-bond donors (Lipinski definition) is 1. The lowest BCUT2D eigenvalue weighted by atomic mass is 10.2. The average molecular weight is 354 g/mol. The van der Waals surface area contributed by atoms with Crippen molar-refractivity contribution < 1.29 is 17.9 Å². The molecule has 1 saturated heterocycles. The van der Waals surface area contributed by atoms with Crippen LogP contribution in [0.4, 0.5) is 0 Å². The molecule has 1 N–H and O–H groups in total. The van der Waals surface area contributed by atoms with Crippen molar-refractivity contribution >= 4 is 15.7 Å². The van der Waals surface area contributed by atoms with E-state index >= 15 is 0 Å². The van der Waals surface area contributed by atoms with Crippen LogP contribution in [-0.4, -0.2) is 63.4 Å². The lowest BCUT2D eigenvalue weighted by Gasteiger charge is -2.20. The van der Waals surface area contributed by atoms with Gasteiger partial charge in [-0.15, -0.1) is 0 Å². The number of nitrogens with one attached hydrogen (secondary N) is 1. The van der Waals surface area contributed by atoms with E-state index in [0.717, 1.165) is 6.54 Å². The predicted molar refractivity (Wildman–Crippen MR) is 92.5 cm³/mol. The van der Waals surface area contributed by atoms with Gasteiger partial charge in [-0.25, -0.2) is 8.42 Å². The van der Waals surface area contributed by atoms with Crippen LogP contribution in [-0.2, 0) is 19.4 Å². The summed E-state index contributed by atoms with van der Waals surface area (Å²) in [5.41, 5.74) is 0. The van der Waals surface area contributed by atoms with E-state index in [-0.39, 0.29) is 35.1 Å². The van der Waals surface area contributed by atoms with Gasteiger partial charge < -0.3 is 10.1 Å². The van der Waals surface area contributed by atoms with Crippen LogP contribution in [0.3, 0.4) is 0 Å². The third kappa shape index (κ3) is 4.78. The molecule has 134 valence electrons. The van der Waals surface area contributed by atoms with Crippen LogP contribution >= 0.6 is 0 Å². The Balaban J connectivity index is 1.89. The van der Waals surface area contributed by atoms with Crippen LogP contribution in [0.5, 0.6) is 0 Å². The molecule has 6 nitrogen and oxygen atoms in total. The molecule has 1 aliphatic rings. The van der Waals surface area contributed by atoms with Crippen LogP contribution < -0.4 is 5.32 Å². The maximum atomic E-state index is 12.2. The largest absolute Gasteiger partial charge is 0.378 e. The fourth-order valence-corrected chi connectivity index (χ4v) is 4.12. The highest BCUT2D eigenvalue weighted by molar-refractivity contribution is 7.91. The Morgan fingerprint density at radius 3 is 2.54 bits per heavy atom. The van der Waals surface area contributed by atoms with Gasteiger partial charge in [0.1, 0.15) is 0 Å². The van der Waals surface area contributed by atoms with Crippen LogP contribution in [0.1, 0.15) is 20.3 Å². The summed E-state index contributed by atoms with van der Waals surface area (Å²) in [4.78, 5) is 14.7. The number of carbonyl (C=O) groups excluding carboxylic acids is 1. The SMILES string of the molecule is CO[C@@H]1CN(C(C)C)C[C@H]1NC(=O)CCS(=O)(=O)c1ccccc1. The lowest BCUT2D eigenvalue weighted by molar-refractivity contribution is -0.122. The number of nitrogens with zero attached hydrogens (tertiary/aromatic N) is 1. The number of carbonyl (C=O) groups is 1. The fraction of sp³-hybridized carbons (Fsp3) is 0.588. The minimum absolute atomic E-state index is 0.0498. The highest BCUT2D eigenvalue weighted by Gasteiger charge is 2.35. The molecule has 1 heterocycles. The molecule has 0 bridgehead atoms. The Morgan fingerprint density at radius 1 is 1.29 bits per heavy atom. The van der Waals surface area contributed by atoms with Crippen molar-refractivity contribution in [2.24, 2.45) is 0 Å². The summed E-state index contributed by atoms with van der Waals surface area (Å²) in [5.74, 6) is -0.451. The van der Waals surface area contributed by atoms with Crippen molar-refractivity contribution in [1.29, 1.82) is 0 Å². The van der Waals surface area contributed by atoms with Gasteiger partial charge >= 0.3 is 0 Å². The zero-order valence-corrected chi connectivity index (χ0v) is 15.3. The Labute approximate surface area is 144 Å². The van der Waals surface area contributed by atoms with Gasteiger partial charge in [-0.3, -0.25) is 9.69 Å². The molecular weight excluding hydrogens is 328 g/mol. The Bertz CT molecular complexity index is 646. The second kappa shape index (κ2) is 8.09. The molecular formula is C17H26N2O4S. The number of sulfone groups is 1. The summed E-state index contributed by atoms with van der Waals surface area (Å²) in [6.07, 6.45) is -0.117. The number of ether oxygens (including phenoxy) is 1. The van der Waals surface area contributed by atoms with E-state index in [1.54, 1.807) is 37.4 Å². The summed E-state index contributed by atoms with van der Waals surface area (Å²) >= 11 is 0. The molecule has 0 unspecified atom stereocenters. The molecule has 24 heavy (non-hydrogen) atoms. The van der Waals surface area contributed by atoms with E-state index in [1.807, 2.05) is 0 Å². The number of benzene rings is 1. The number of rotatable bonds is 7. The van der Waals surface area contributed by atoms with Gasteiger partial charge in [-0.05, 0) is 26.0 Å². The van der Waals surface area contributed by atoms with Crippen LogP contribution in [0.15, 0.2) is 35.2 Å². The van der Waals surface area contributed by atoms with E-state index in [2.05, 4.69) is 24.1 Å². The van der Waals surface area contributed by atoms with Crippen molar-refractivity contribution in [3.8, 4) is 0 Å². The number of methoxy groups -OCH3 is 1. The standard InChI is InChI=1S/C17H26N2O4S/c1-13(2)19-11-15(16(12-19)23-3)18-17(20)9-10-24(21,22)14-7-5-4-6-8-14/h4-8,13,15-16H,9-12H2,1-3H3,(H,18,20)/t15-,16-/m1/s1. The lowest BCUT2D eigenvalue weighted by Crippen LogP contribution is -2.44. The first-order valence-corrected chi connectivity index (χ1v) is 9.82. The van der Waals surface area contributed by atoms with Crippen molar-refractivity contribution in [3.05, 3.63) is 30.3 Å². The number of amides is 1. The quantitative estimate of drug-likeness (QED) is 0.793. The van der Waals surface area contributed by atoms with Gasteiger partial charge in [-0.1, -0.05) is 18.2 Å². The average Bonchev–Trinajstić information content (AvgIpc) is 2.97. The summed E-state index contributed by atoms with van der Waals surface area (Å²) in [7, 11) is -1.80. The first-order chi connectivity index (χ1) is 11.3. The van der Waals surface area contributed by atoms with Crippen molar-refractivity contribution in [1.82, 2.24) is 10.2 Å². The zero-order chi connectivity index (χ0) is 17.7. The van der Waals surface area contributed by atoms with Gasteiger partial charge in [0, 0.05) is 32.7 Å². The molecule has 2 atom stereocenters. The third-order valence-electron chi connectivity index (χ3n) is 4.37. The molecule has 0 radical (unpaired) electrons. The summed E-state index contributed by atoms with van der Waals surface area (Å²) in [6.45, 7) is 5.68. The normalized spacial score (nSPS) is 22.0. The van der Waals surface area contributed by atoms with Crippen LogP contribution in [0, 0.1) is 0 Å². The molecule has 1 amide bonds. The molecule has 1 aliphatic heterocycles. The highest BCUT2D eigenvalue weighted by Crippen LogP contribution is 2.16. The number of hydrogen-bond acceptors (Lipinski definition) is 5. The van der Waals surface area contributed by atoms with E-state index < -0.39 is 9.84 Å². The van der Waals surface area contributed by atoms with Gasteiger partial charge in [0.2, 0.25) is 5.91 Å². The monoisotopic (exact) mass is 354 g/mol. The van der Waals surface area contributed by atoms with E-state index in [0.29, 0.717) is 12.6 Å². The molecule has 0 spiro atoms. The molecule has 0 aromatic heterocycles. The van der Waals surface area contributed by atoms with Crippen molar-refractivity contribution in [3.63, 3.8) is 0 Å². The second-order valence-electron chi connectivity index (χ2n) is 6.38. The van der Waals surface area contributed by atoms with Gasteiger partial charge in [0.15, 0.2) is 9.84 Å². The van der Waals surface area contributed by atoms with E-state index in [1.165, 1.54) is 0 Å². The summed E-state index contributed by atoms with van der Waals surface area (Å²) < 4.78 is 29.9. The van der Waals surface area contributed by atoms with Crippen molar-refractivity contribution in [2.45, 2.75) is 43.4 Å². The molecule has 1 fully saturated rings. The molecule has 2 rings (SSSR count). The smallest absolute Gasteiger partial charge is 0.221 e. The molecule has 1 aromatic carbocycles. The fourth-order valence-electron chi connectivity index (χ4n) is 2.85. The molecule has 0 saturated carbocycles. The maximum Gasteiger partial charge on any atom is 0.221 e.